The van der Waals surface area contributed by atoms with Gasteiger partial charge in [-0.05, 0) is 29.2 Å². The first-order valence-corrected chi connectivity index (χ1v) is 4.16. The van der Waals surface area contributed by atoms with E-state index in [2.05, 4.69) is 15.5 Å². The highest BCUT2D eigenvalue weighted by Gasteiger charge is 2.30. The van der Waals surface area contributed by atoms with Crippen LogP contribution in [0.1, 0.15) is 18.7 Å². The van der Waals surface area contributed by atoms with Gasteiger partial charge in [0.15, 0.2) is 5.82 Å². The van der Waals surface area contributed by atoms with Gasteiger partial charge in [0.25, 0.3) is 0 Å². The van der Waals surface area contributed by atoms with Crippen LogP contribution in [0.15, 0.2) is 0 Å². The summed E-state index contributed by atoms with van der Waals surface area (Å²) in [6, 6.07) is 0. The van der Waals surface area contributed by atoms with Gasteiger partial charge in [0.05, 0.1) is 6.10 Å². The molecule has 0 bridgehead atoms. The van der Waals surface area contributed by atoms with Crippen LogP contribution < -0.4 is 0 Å². The highest BCUT2D eigenvalue weighted by Crippen LogP contribution is 2.33. The summed E-state index contributed by atoms with van der Waals surface area (Å²) in [6.07, 6.45) is 2.61. The summed E-state index contributed by atoms with van der Waals surface area (Å²) in [7, 11) is 1.79. The van der Waals surface area contributed by atoms with Crippen LogP contribution in [-0.4, -0.2) is 31.4 Å². The van der Waals surface area contributed by atoms with Crippen LogP contribution in [0, 0.1) is 5.92 Å². The van der Waals surface area contributed by atoms with E-state index in [1.807, 2.05) is 0 Å². The summed E-state index contributed by atoms with van der Waals surface area (Å²) >= 11 is 0. The second-order valence-corrected chi connectivity index (χ2v) is 3.33. The smallest absolute Gasteiger partial charge is 0.153 e. The van der Waals surface area contributed by atoms with E-state index in [1.54, 1.807) is 11.7 Å². The number of aliphatic hydroxyl groups is 1. The Morgan fingerprint density at radius 2 is 2.42 bits per heavy atom. The summed E-state index contributed by atoms with van der Waals surface area (Å²) in [4.78, 5) is 0. The zero-order chi connectivity index (χ0) is 8.55. The Balaban J connectivity index is 1.97. The Morgan fingerprint density at radius 1 is 1.67 bits per heavy atom. The van der Waals surface area contributed by atoms with Crippen molar-refractivity contribution in [3.63, 3.8) is 0 Å². The van der Waals surface area contributed by atoms with Gasteiger partial charge in [-0.2, -0.15) is 0 Å². The van der Waals surface area contributed by atoms with Crippen molar-refractivity contribution in [2.75, 3.05) is 0 Å². The maximum absolute atomic E-state index is 9.58. The summed E-state index contributed by atoms with van der Waals surface area (Å²) in [5.74, 6) is 1.25. The van der Waals surface area contributed by atoms with Gasteiger partial charge in [0, 0.05) is 13.5 Å². The SMILES string of the molecule is Cn1nnnc1CC(O)C1CC1. The van der Waals surface area contributed by atoms with Crippen LogP contribution in [0.4, 0.5) is 0 Å². The van der Waals surface area contributed by atoms with Crippen LogP contribution in [-0.2, 0) is 13.5 Å². The quantitative estimate of drug-likeness (QED) is 0.662. The molecule has 0 amide bonds. The molecule has 1 atom stereocenters. The first-order valence-electron chi connectivity index (χ1n) is 4.16. The molecule has 12 heavy (non-hydrogen) atoms. The fourth-order valence-electron chi connectivity index (χ4n) is 1.26. The van der Waals surface area contributed by atoms with E-state index in [1.165, 1.54) is 0 Å². The predicted molar refractivity (Wildman–Crippen MR) is 41.2 cm³/mol. The molecular formula is C7H12N4O. The molecule has 5 nitrogen and oxygen atoms in total. The van der Waals surface area contributed by atoms with Crippen molar-refractivity contribution in [3.8, 4) is 0 Å². The maximum Gasteiger partial charge on any atom is 0.153 e. The van der Waals surface area contributed by atoms with E-state index in [0.717, 1.165) is 18.7 Å². The van der Waals surface area contributed by atoms with Gasteiger partial charge >= 0.3 is 0 Å². The van der Waals surface area contributed by atoms with E-state index in [-0.39, 0.29) is 6.10 Å². The first kappa shape index (κ1) is 7.67. The third-order valence-electron chi connectivity index (χ3n) is 2.27. The molecule has 1 N–H and O–H groups in total. The first-order chi connectivity index (χ1) is 5.77. The Bertz CT molecular complexity index is 268. The predicted octanol–water partition coefficient (Wildman–Crippen LogP) is -0.477. The molecule has 1 heterocycles. The largest absolute Gasteiger partial charge is 0.392 e. The lowest BCUT2D eigenvalue weighted by molar-refractivity contribution is 0.148. The lowest BCUT2D eigenvalue weighted by Gasteiger charge is -2.06. The molecule has 5 heteroatoms. The molecule has 1 aliphatic rings. The van der Waals surface area contributed by atoms with Crippen LogP contribution in [0.5, 0.6) is 0 Å². The van der Waals surface area contributed by atoms with E-state index in [4.69, 9.17) is 0 Å². The third kappa shape index (κ3) is 1.45. The number of hydrogen-bond donors (Lipinski definition) is 1. The average Bonchev–Trinajstić information content (AvgIpc) is 2.80. The summed E-state index contributed by atoms with van der Waals surface area (Å²) < 4.78 is 1.60. The zero-order valence-electron chi connectivity index (χ0n) is 7.01. The molecule has 0 spiro atoms. The molecule has 1 aromatic rings. The van der Waals surface area contributed by atoms with E-state index in [0.29, 0.717) is 12.3 Å². The van der Waals surface area contributed by atoms with Crippen molar-refractivity contribution >= 4 is 0 Å². The van der Waals surface area contributed by atoms with E-state index >= 15 is 0 Å². The van der Waals surface area contributed by atoms with Crippen LogP contribution >= 0.6 is 0 Å². The van der Waals surface area contributed by atoms with Gasteiger partial charge in [0.2, 0.25) is 0 Å². The molecule has 0 aromatic carbocycles. The molecule has 1 aliphatic carbocycles. The lowest BCUT2D eigenvalue weighted by atomic mass is 10.1. The monoisotopic (exact) mass is 168 g/mol. The van der Waals surface area contributed by atoms with Crippen molar-refractivity contribution in [1.29, 1.82) is 0 Å². The highest BCUT2D eigenvalue weighted by atomic mass is 16.3. The minimum atomic E-state index is -0.255. The molecule has 66 valence electrons. The number of tetrazole rings is 1. The minimum absolute atomic E-state index is 0.255. The molecule has 1 aromatic heterocycles. The number of aliphatic hydroxyl groups excluding tert-OH is 1. The highest BCUT2D eigenvalue weighted by molar-refractivity contribution is 4.90. The van der Waals surface area contributed by atoms with Crippen LogP contribution in [0.25, 0.3) is 0 Å². The van der Waals surface area contributed by atoms with Gasteiger partial charge in [-0.3, -0.25) is 0 Å². The second kappa shape index (κ2) is 2.82. The molecular weight excluding hydrogens is 156 g/mol. The summed E-state index contributed by atoms with van der Waals surface area (Å²) in [5, 5.41) is 20.6. The van der Waals surface area contributed by atoms with Crippen molar-refractivity contribution in [2.24, 2.45) is 13.0 Å². The third-order valence-corrected chi connectivity index (χ3v) is 2.27. The zero-order valence-corrected chi connectivity index (χ0v) is 7.01. The number of nitrogens with zero attached hydrogens (tertiary/aromatic N) is 4. The fourth-order valence-corrected chi connectivity index (χ4v) is 1.26. The molecule has 0 saturated heterocycles. The van der Waals surface area contributed by atoms with E-state index < -0.39 is 0 Å². The molecule has 0 aliphatic heterocycles. The van der Waals surface area contributed by atoms with Crippen LogP contribution in [0.2, 0.25) is 0 Å². The molecule has 1 fully saturated rings. The minimum Gasteiger partial charge on any atom is -0.392 e. The van der Waals surface area contributed by atoms with Crippen molar-refractivity contribution in [1.82, 2.24) is 20.2 Å². The Hall–Kier alpha value is -0.970. The number of rotatable bonds is 3. The molecule has 0 radical (unpaired) electrons. The molecule has 2 rings (SSSR count). The molecule has 1 saturated carbocycles. The van der Waals surface area contributed by atoms with E-state index in [9.17, 15) is 5.11 Å². The number of hydrogen-bond acceptors (Lipinski definition) is 4. The maximum atomic E-state index is 9.58. The van der Waals surface area contributed by atoms with Gasteiger partial charge < -0.3 is 5.11 Å². The average molecular weight is 168 g/mol. The number of aryl methyl sites for hydroxylation is 1. The normalized spacial score (nSPS) is 19.5. The standard InChI is InChI=1S/C7H12N4O/c1-11-7(8-9-10-11)4-6(12)5-2-3-5/h5-6,12H,2-4H2,1H3. The van der Waals surface area contributed by atoms with Gasteiger partial charge in [-0.1, -0.05) is 0 Å². The Morgan fingerprint density at radius 3 is 2.92 bits per heavy atom. The Labute approximate surface area is 70.4 Å². The van der Waals surface area contributed by atoms with Crippen LogP contribution in [0.3, 0.4) is 0 Å². The summed E-state index contributed by atoms with van der Waals surface area (Å²) in [6.45, 7) is 0. The van der Waals surface area contributed by atoms with Gasteiger partial charge in [-0.15, -0.1) is 5.10 Å². The summed E-state index contributed by atoms with van der Waals surface area (Å²) in [5.41, 5.74) is 0. The van der Waals surface area contributed by atoms with Gasteiger partial charge in [-0.25, -0.2) is 4.68 Å². The lowest BCUT2D eigenvalue weighted by Crippen LogP contribution is -2.16. The van der Waals surface area contributed by atoms with Crippen molar-refractivity contribution < 1.29 is 5.11 Å². The van der Waals surface area contributed by atoms with Gasteiger partial charge in [0.1, 0.15) is 0 Å². The van der Waals surface area contributed by atoms with Crippen molar-refractivity contribution in [3.05, 3.63) is 5.82 Å². The number of aromatic nitrogens is 4. The Kier molecular flexibility index (Phi) is 1.80. The van der Waals surface area contributed by atoms with Crippen molar-refractivity contribution in [2.45, 2.75) is 25.4 Å². The molecule has 1 unspecified atom stereocenters. The topological polar surface area (TPSA) is 63.8 Å². The fraction of sp³-hybridized carbons (Fsp3) is 0.857. The second-order valence-electron chi connectivity index (χ2n) is 3.33.